The number of hydrogen-bond donors (Lipinski definition) is 1. The molecule has 1 atom stereocenters. The minimum absolute atomic E-state index is 0.0639. The normalized spacial score (nSPS) is 12.8. The molecule has 0 fully saturated rings. The van der Waals surface area contributed by atoms with Gasteiger partial charge in [0, 0.05) is 25.3 Å². The Labute approximate surface area is 88.3 Å². The molecule has 84 valence electrons. The second kappa shape index (κ2) is 5.78. The SMILES string of the molecule is COC[C@@H](C)NCc1c(F)cccc1F. The van der Waals surface area contributed by atoms with E-state index in [0.29, 0.717) is 6.61 Å². The van der Waals surface area contributed by atoms with Gasteiger partial charge in [-0.2, -0.15) is 0 Å². The number of methoxy groups -OCH3 is 1. The van der Waals surface area contributed by atoms with Crippen molar-refractivity contribution in [2.45, 2.75) is 19.5 Å². The fraction of sp³-hybridized carbons (Fsp3) is 0.455. The summed E-state index contributed by atoms with van der Waals surface area (Å²) in [5.41, 5.74) is 0.0699. The van der Waals surface area contributed by atoms with Gasteiger partial charge < -0.3 is 10.1 Å². The maximum absolute atomic E-state index is 13.2. The predicted molar refractivity (Wildman–Crippen MR) is 54.5 cm³/mol. The van der Waals surface area contributed by atoms with Crippen LogP contribution in [0.2, 0.25) is 0 Å². The molecule has 0 aliphatic rings. The van der Waals surface area contributed by atoms with E-state index in [4.69, 9.17) is 4.74 Å². The van der Waals surface area contributed by atoms with Gasteiger partial charge in [-0.1, -0.05) is 6.07 Å². The van der Waals surface area contributed by atoms with Gasteiger partial charge in [0.1, 0.15) is 11.6 Å². The van der Waals surface area contributed by atoms with Crippen molar-refractivity contribution in [3.05, 3.63) is 35.4 Å². The Kier molecular flexibility index (Phi) is 4.65. The highest BCUT2D eigenvalue weighted by Crippen LogP contribution is 2.11. The molecule has 2 nitrogen and oxygen atoms in total. The number of benzene rings is 1. The van der Waals surface area contributed by atoms with Crippen molar-refractivity contribution >= 4 is 0 Å². The van der Waals surface area contributed by atoms with E-state index < -0.39 is 11.6 Å². The molecule has 0 aliphatic heterocycles. The van der Waals surface area contributed by atoms with Gasteiger partial charge in [0.15, 0.2) is 0 Å². The lowest BCUT2D eigenvalue weighted by molar-refractivity contribution is 0.171. The van der Waals surface area contributed by atoms with Gasteiger partial charge in [-0.05, 0) is 19.1 Å². The quantitative estimate of drug-likeness (QED) is 0.812. The Bertz CT molecular complexity index is 297. The van der Waals surface area contributed by atoms with Crippen molar-refractivity contribution in [2.24, 2.45) is 0 Å². The molecule has 0 heterocycles. The Balaban J connectivity index is 2.57. The van der Waals surface area contributed by atoms with Crippen LogP contribution < -0.4 is 5.32 Å². The van der Waals surface area contributed by atoms with Crippen molar-refractivity contribution in [1.29, 1.82) is 0 Å². The van der Waals surface area contributed by atoms with Crippen LogP contribution in [0.3, 0.4) is 0 Å². The van der Waals surface area contributed by atoms with E-state index in [1.54, 1.807) is 7.11 Å². The maximum Gasteiger partial charge on any atom is 0.130 e. The van der Waals surface area contributed by atoms with Crippen LogP contribution in [0.4, 0.5) is 8.78 Å². The van der Waals surface area contributed by atoms with Gasteiger partial charge >= 0.3 is 0 Å². The van der Waals surface area contributed by atoms with Crippen molar-refractivity contribution in [2.75, 3.05) is 13.7 Å². The van der Waals surface area contributed by atoms with E-state index in [2.05, 4.69) is 5.32 Å². The molecule has 0 bridgehead atoms. The van der Waals surface area contributed by atoms with Gasteiger partial charge in [-0.25, -0.2) is 8.78 Å². The first-order valence-electron chi connectivity index (χ1n) is 4.80. The summed E-state index contributed by atoms with van der Waals surface area (Å²) < 4.78 is 31.3. The van der Waals surface area contributed by atoms with Crippen LogP contribution in [0.5, 0.6) is 0 Å². The summed E-state index contributed by atoms with van der Waals surface area (Å²) in [6.07, 6.45) is 0. The third-order valence-electron chi connectivity index (χ3n) is 2.11. The fourth-order valence-electron chi connectivity index (χ4n) is 1.29. The van der Waals surface area contributed by atoms with Crippen LogP contribution in [0.1, 0.15) is 12.5 Å². The Morgan fingerprint density at radius 1 is 1.33 bits per heavy atom. The van der Waals surface area contributed by atoms with Gasteiger partial charge in [-0.3, -0.25) is 0 Å². The zero-order valence-electron chi connectivity index (χ0n) is 8.89. The molecule has 1 N–H and O–H groups in total. The molecule has 0 radical (unpaired) electrons. The zero-order chi connectivity index (χ0) is 11.3. The van der Waals surface area contributed by atoms with E-state index in [1.807, 2.05) is 6.92 Å². The highest BCUT2D eigenvalue weighted by atomic mass is 19.1. The second-order valence-electron chi connectivity index (χ2n) is 3.44. The summed E-state index contributed by atoms with van der Waals surface area (Å²) in [6, 6.07) is 3.92. The first-order chi connectivity index (χ1) is 7.15. The molecule has 1 aromatic rings. The number of hydrogen-bond acceptors (Lipinski definition) is 2. The molecule has 0 spiro atoms. The zero-order valence-corrected chi connectivity index (χ0v) is 8.89. The van der Waals surface area contributed by atoms with Gasteiger partial charge in [0.05, 0.1) is 6.61 Å². The summed E-state index contributed by atoms with van der Waals surface area (Å²) in [5, 5.41) is 2.98. The molecule has 0 saturated carbocycles. The third kappa shape index (κ3) is 3.57. The standard InChI is InChI=1S/C11H15F2NO/c1-8(7-15-2)14-6-9-10(12)4-3-5-11(9)13/h3-5,8,14H,6-7H2,1-2H3/t8-/m1/s1. The van der Waals surface area contributed by atoms with Crippen molar-refractivity contribution in [3.63, 3.8) is 0 Å². The number of halogens is 2. The highest BCUT2D eigenvalue weighted by molar-refractivity contribution is 5.19. The van der Waals surface area contributed by atoms with E-state index >= 15 is 0 Å². The Morgan fingerprint density at radius 3 is 2.47 bits per heavy atom. The van der Waals surface area contributed by atoms with E-state index in [9.17, 15) is 8.78 Å². The van der Waals surface area contributed by atoms with Crippen molar-refractivity contribution < 1.29 is 13.5 Å². The smallest absolute Gasteiger partial charge is 0.130 e. The Hall–Kier alpha value is -1.00. The topological polar surface area (TPSA) is 21.3 Å². The lowest BCUT2D eigenvalue weighted by Gasteiger charge is -2.13. The van der Waals surface area contributed by atoms with Crippen LogP contribution in [0.25, 0.3) is 0 Å². The van der Waals surface area contributed by atoms with E-state index in [-0.39, 0.29) is 18.2 Å². The van der Waals surface area contributed by atoms with Crippen molar-refractivity contribution in [3.8, 4) is 0 Å². The third-order valence-corrected chi connectivity index (χ3v) is 2.11. The average molecular weight is 215 g/mol. The minimum Gasteiger partial charge on any atom is -0.383 e. The molecule has 0 unspecified atom stereocenters. The van der Waals surface area contributed by atoms with Crippen molar-refractivity contribution in [1.82, 2.24) is 5.32 Å². The monoisotopic (exact) mass is 215 g/mol. The molecule has 0 saturated heterocycles. The largest absolute Gasteiger partial charge is 0.383 e. The van der Waals surface area contributed by atoms with Crippen LogP contribution in [0.15, 0.2) is 18.2 Å². The lowest BCUT2D eigenvalue weighted by atomic mass is 10.2. The minimum atomic E-state index is -0.521. The maximum atomic E-state index is 13.2. The first kappa shape index (κ1) is 12.1. The number of rotatable bonds is 5. The van der Waals surface area contributed by atoms with E-state index in [0.717, 1.165) is 0 Å². The first-order valence-corrected chi connectivity index (χ1v) is 4.80. The van der Waals surface area contributed by atoms with Gasteiger partial charge in [0.2, 0.25) is 0 Å². The molecule has 1 aromatic carbocycles. The van der Waals surface area contributed by atoms with Crippen LogP contribution >= 0.6 is 0 Å². The molecule has 1 rings (SSSR count). The summed E-state index contributed by atoms with van der Waals surface area (Å²) in [4.78, 5) is 0. The highest BCUT2D eigenvalue weighted by Gasteiger charge is 2.09. The molecule has 0 amide bonds. The molecular weight excluding hydrogens is 200 g/mol. The number of nitrogens with one attached hydrogen (secondary N) is 1. The lowest BCUT2D eigenvalue weighted by Crippen LogP contribution is -2.30. The van der Waals surface area contributed by atoms with E-state index in [1.165, 1.54) is 18.2 Å². The fourth-order valence-corrected chi connectivity index (χ4v) is 1.29. The van der Waals surface area contributed by atoms with Gasteiger partial charge in [-0.15, -0.1) is 0 Å². The summed E-state index contributed by atoms with van der Waals surface area (Å²) in [6.45, 7) is 2.57. The number of ether oxygens (including phenoxy) is 1. The van der Waals surface area contributed by atoms with Crippen LogP contribution in [0, 0.1) is 11.6 Å². The molecular formula is C11H15F2NO. The molecule has 0 aromatic heterocycles. The van der Waals surface area contributed by atoms with Crippen LogP contribution in [-0.2, 0) is 11.3 Å². The summed E-state index contributed by atoms with van der Waals surface area (Å²) >= 11 is 0. The Morgan fingerprint density at radius 2 is 1.93 bits per heavy atom. The predicted octanol–water partition coefficient (Wildman–Crippen LogP) is 2.09. The van der Waals surface area contributed by atoms with Gasteiger partial charge in [0.25, 0.3) is 0 Å². The average Bonchev–Trinajstić information content (AvgIpc) is 2.17. The summed E-state index contributed by atoms with van der Waals surface area (Å²) in [7, 11) is 1.59. The molecule has 15 heavy (non-hydrogen) atoms. The molecule has 4 heteroatoms. The van der Waals surface area contributed by atoms with Crippen LogP contribution in [-0.4, -0.2) is 19.8 Å². The summed E-state index contributed by atoms with van der Waals surface area (Å²) in [5.74, 6) is -1.04. The molecule has 0 aliphatic carbocycles. The second-order valence-corrected chi connectivity index (χ2v) is 3.44.